The maximum Gasteiger partial charge on any atom is 0.305 e. The molecular formula is C30H30O8S. The molecule has 1 saturated heterocycles. The van der Waals surface area contributed by atoms with Gasteiger partial charge in [-0.25, -0.2) is 0 Å². The summed E-state index contributed by atoms with van der Waals surface area (Å²) in [6.07, 6.45) is -2.02. The highest BCUT2D eigenvalue weighted by Crippen LogP contribution is 2.37. The molecule has 0 spiro atoms. The largest absolute Gasteiger partial charge is 0.458 e. The summed E-state index contributed by atoms with van der Waals surface area (Å²) in [5.74, 6) is -1.77. The first kappa shape index (κ1) is 28.2. The third-order valence-corrected chi connectivity index (χ3v) is 7.49. The number of ether oxygens (including phenoxy) is 4. The Balaban J connectivity index is 1.59. The molecule has 0 aliphatic carbocycles. The van der Waals surface area contributed by atoms with Gasteiger partial charge in [0.05, 0.1) is 6.10 Å². The van der Waals surface area contributed by atoms with Crippen LogP contribution in [-0.2, 0) is 39.8 Å². The first-order valence-corrected chi connectivity index (χ1v) is 13.4. The third kappa shape index (κ3) is 7.19. The summed E-state index contributed by atoms with van der Waals surface area (Å²) in [6, 6.07) is 17.6. The van der Waals surface area contributed by atoms with E-state index in [9.17, 15) is 19.2 Å². The molecule has 1 fully saturated rings. The second kappa shape index (κ2) is 12.4. The van der Waals surface area contributed by atoms with Crippen LogP contribution in [-0.4, -0.2) is 42.7 Å². The molecule has 4 rings (SSSR count). The van der Waals surface area contributed by atoms with Gasteiger partial charge in [-0.2, -0.15) is 0 Å². The SMILES string of the molecule is CC(=O)O[C@H]1OC(c2ccc(C)c(Cc3ccc(-c4cccc(C=O)c4)s3)c2)C[C@@H](OC(C)=O)[C@@H]1OC(C)=O. The maximum atomic E-state index is 11.8. The fourth-order valence-electron chi connectivity index (χ4n) is 4.60. The number of hydrogen-bond acceptors (Lipinski definition) is 9. The van der Waals surface area contributed by atoms with Crippen molar-refractivity contribution in [2.75, 3.05) is 0 Å². The highest BCUT2D eigenvalue weighted by molar-refractivity contribution is 7.15. The highest BCUT2D eigenvalue weighted by Gasteiger charge is 2.45. The van der Waals surface area contributed by atoms with Crippen molar-refractivity contribution in [2.24, 2.45) is 0 Å². The maximum absolute atomic E-state index is 11.8. The fraction of sp³-hybridized carbons (Fsp3) is 0.333. The van der Waals surface area contributed by atoms with Gasteiger partial charge in [0.1, 0.15) is 12.4 Å². The molecule has 1 aliphatic rings. The van der Waals surface area contributed by atoms with E-state index in [0.29, 0.717) is 12.0 Å². The number of aryl methyl sites for hydroxylation is 1. The van der Waals surface area contributed by atoms with Crippen molar-refractivity contribution >= 4 is 35.5 Å². The van der Waals surface area contributed by atoms with Gasteiger partial charge < -0.3 is 18.9 Å². The van der Waals surface area contributed by atoms with Crippen LogP contribution in [0.1, 0.15) is 65.2 Å². The zero-order valence-corrected chi connectivity index (χ0v) is 23.0. The minimum absolute atomic E-state index is 0.216. The lowest BCUT2D eigenvalue weighted by Crippen LogP contribution is -2.51. The second-order valence-corrected chi connectivity index (χ2v) is 10.6. The predicted octanol–water partition coefficient (Wildman–Crippen LogP) is 5.34. The highest BCUT2D eigenvalue weighted by atomic mass is 32.1. The molecule has 0 N–H and O–H groups in total. The van der Waals surface area contributed by atoms with Crippen LogP contribution in [0.4, 0.5) is 0 Å². The van der Waals surface area contributed by atoms with Crippen LogP contribution in [0.25, 0.3) is 10.4 Å². The lowest BCUT2D eigenvalue weighted by atomic mass is 9.93. The van der Waals surface area contributed by atoms with E-state index in [1.807, 2.05) is 43.3 Å². The van der Waals surface area contributed by atoms with E-state index in [1.165, 1.54) is 20.8 Å². The lowest BCUT2D eigenvalue weighted by Gasteiger charge is -2.39. The zero-order chi connectivity index (χ0) is 28.1. The quantitative estimate of drug-likeness (QED) is 0.210. The van der Waals surface area contributed by atoms with Crippen molar-refractivity contribution in [1.82, 2.24) is 0 Å². The van der Waals surface area contributed by atoms with Crippen LogP contribution >= 0.6 is 11.3 Å². The van der Waals surface area contributed by atoms with Crippen molar-refractivity contribution in [3.8, 4) is 10.4 Å². The van der Waals surface area contributed by atoms with Gasteiger partial charge in [0.25, 0.3) is 0 Å². The molecule has 2 heterocycles. The average molecular weight is 551 g/mol. The standard InChI is InChI=1S/C30H30O8S/c1-17-8-9-22(13-24(17)14-25-10-11-28(39-25)23-7-5-6-21(12-23)16-31)26-15-27(35-18(2)32)29(36-19(3)33)30(38-26)37-20(4)34/h5-13,16,26-27,29-30H,14-15H2,1-4H3/t26?,27-,29+,30+/m1/s1. The number of aldehydes is 1. The van der Waals surface area contributed by atoms with E-state index in [0.717, 1.165) is 38.3 Å². The first-order valence-electron chi connectivity index (χ1n) is 12.5. The summed E-state index contributed by atoms with van der Waals surface area (Å²) >= 11 is 1.66. The van der Waals surface area contributed by atoms with E-state index < -0.39 is 42.5 Å². The number of esters is 3. The number of carbonyl (C=O) groups is 4. The molecular weight excluding hydrogens is 520 g/mol. The summed E-state index contributed by atoms with van der Waals surface area (Å²) < 4.78 is 22.2. The molecule has 204 valence electrons. The molecule has 39 heavy (non-hydrogen) atoms. The zero-order valence-electron chi connectivity index (χ0n) is 22.2. The molecule has 2 aromatic carbocycles. The molecule has 3 aromatic rings. The summed E-state index contributed by atoms with van der Waals surface area (Å²) in [6.45, 7) is 5.75. The molecule has 1 aromatic heterocycles. The Bertz CT molecular complexity index is 1350. The molecule has 0 radical (unpaired) electrons. The normalized spacial score (nSPS) is 20.6. The van der Waals surface area contributed by atoms with Gasteiger partial charge in [-0.3, -0.25) is 19.2 Å². The average Bonchev–Trinajstić information content (AvgIpc) is 3.35. The Labute approximate surface area is 230 Å². The number of hydrogen-bond donors (Lipinski definition) is 0. The fourth-order valence-corrected chi connectivity index (χ4v) is 5.63. The predicted molar refractivity (Wildman–Crippen MR) is 144 cm³/mol. The Morgan fingerprint density at radius 2 is 1.69 bits per heavy atom. The van der Waals surface area contributed by atoms with E-state index in [1.54, 1.807) is 17.4 Å². The van der Waals surface area contributed by atoms with Crippen molar-refractivity contribution < 1.29 is 38.1 Å². The molecule has 0 bridgehead atoms. The summed E-state index contributed by atoms with van der Waals surface area (Å²) in [5.41, 5.74) is 4.63. The molecule has 0 amide bonds. The lowest BCUT2D eigenvalue weighted by molar-refractivity contribution is -0.268. The molecule has 9 heteroatoms. The van der Waals surface area contributed by atoms with Crippen LogP contribution in [0.2, 0.25) is 0 Å². The van der Waals surface area contributed by atoms with Crippen molar-refractivity contribution in [1.29, 1.82) is 0 Å². The minimum atomic E-state index is -1.23. The van der Waals surface area contributed by atoms with Gasteiger partial charge in [0, 0.05) is 48.9 Å². The number of carbonyl (C=O) groups excluding carboxylic acids is 4. The topological polar surface area (TPSA) is 105 Å². The smallest absolute Gasteiger partial charge is 0.305 e. The van der Waals surface area contributed by atoms with E-state index in [2.05, 4.69) is 12.1 Å². The van der Waals surface area contributed by atoms with Crippen LogP contribution in [0.3, 0.4) is 0 Å². The molecule has 1 unspecified atom stereocenters. The summed E-state index contributed by atoms with van der Waals surface area (Å²) in [7, 11) is 0. The van der Waals surface area contributed by atoms with Crippen LogP contribution in [0.5, 0.6) is 0 Å². The molecule has 0 saturated carbocycles. The van der Waals surface area contributed by atoms with Gasteiger partial charge in [0.15, 0.2) is 0 Å². The van der Waals surface area contributed by atoms with E-state index >= 15 is 0 Å². The Morgan fingerprint density at radius 3 is 2.38 bits per heavy atom. The van der Waals surface area contributed by atoms with Gasteiger partial charge in [-0.05, 0) is 47.4 Å². The summed E-state index contributed by atoms with van der Waals surface area (Å²) in [5, 5.41) is 0. The molecule has 8 nitrogen and oxygen atoms in total. The third-order valence-electron chi connectivity index (χ3n) is 6.36. The van der Waals surface area contributed by atoms with Crippen LogP contribution < -0.4 is 0 Å². The van der Waals surface area contributed by atoms with Gasteiger partial charge >= 0.3 is 17.9 Å². The Kier molecular flexibility index (Phi) is 8.93. The number of thiophene rings is 1. The van der Waals surface area contributed by atoms with Gasteiger partial charge in [-0.1, -0.05) is 36.4 Å². The Morgan fingerprint density at radius 1 is 0.949 bits per heavy atom. The van der Waals surface area contributed by atoms with Gasteiger partial charge in [0.2, 0.25) is 12.4 Å². The number of benzene rings is 2. The molecule has 4 atom stereocenters. The summed E-state index contributed by atoms with van der Waals surface area (Å²) in [4.78, 5) is 48.7. The van der Waals surface area contributed by atoms with Crippen molar-refractivity contribution in [3.05, 3.63) is 81.7 Å². The monoisotopic (exact) mass is 550 g/mol. The first-order chi connectivity index (χ1) is 18.6. The van der Waals surface area contributed by atoms with Gasteiger partial charge in [-0.15, -0.1) is 11.3 Å². The van der Waals surface area contributed by atoms with E-state index in [-0.39, 0.29) is 6.42 Å². The number of rotatable bonds is 8. The van der Waals surface area contributed by atoms with Crippen molar-refractivity contribution in [3.63, 3.8) is 0 Å². The van der Waals surface area contributed by atoms with Crippen LogP contribution in [0.15, 0.2) is 54.6 Å². The van der Waals surface area contributed by atoms with E-state index in [4.69, 9.17) is 18.9 Å². The molecule has 1 aliphatic heterocycles. The van der Waals surface area contributed by atoms with Crippen LogP contribution in [0, 0.1) is 6.92 Å². The second-order valence-electron chi connectivity index (χ2n) is 9.43. The Hall–Kier alpha value is -3.82. The van der Waals surface area contributed by atoms with Crippen molar-refractivity contribution in [2.45, 2.75) is 65.1 Å². The minimum Gasteiger partial charge on any atom is -0.458 e.